The summed E-state index contributed by atoms with van der Waals surface area (Å²) in [5.41, 5.74) is 3.52. The molecule has 0 saturated carbocycles. The maximum atomic E-state index is 13.1. The molecule has 1 aliphatic heterocycles. The van der Waals surface area contributed by atoms with Crippen molar-refractivity contribution < 1.29 is 23.9 Å². The highest BCUT2D eigenvalue weighted by atomic mass is 16.5. The Morgan fingerprint density at radius 3 is 2.31 bits per heavy atom. The Bertz CT molecular complexity index is 1020. The van der Waals surface area contributed by atoms with Crippen LogP contribution in [0.25, 0.3) is 0 Å². The number of anilines is 2. The predicted molar refractivity (Wildman–Crippen MR) is 120 cm³/mol. The van der Waals surface area contributed by atoms with Crippen LogP contribution in [0.15, 0.2) is 42.5 Å². The van der Waals surface area contributed by atoms with Crippen LogP contribution in [0.4, 0.5) is 11.4 Å². The highest BCUT2D eigenvalue weighted by Crippen LogP contribution is 2.23. The topological polar surface area (TPSA) is 96.0 Å². The summed E-state index contributed by atoms with van der Waals surface area (Å²) >= 11 is 0. The van der Waals surface area contributed by atoms with Gasteiger partial charge < -0.3 is 15.0 Å². The standard InChI is InChI=1S/C24H27N3O5/c1-16-5-4-6-20(17(16)2)25-21(28)15-26(13-14-32-3)24(31)18-7-9-19(10-8-18)27-22(29)11-12-23(27)30/h4-10H,11-15H2,1-3H3,(H,25,28). The van der Waals surface area contributed by atoms with Gasteiger partial charge in [0.1, 0.15) is 6.54 Å². The van der Waals surface area contributed by atoms with Crippen molar-refractivity contribution >= 4 is 35.0 Å². The number of nitrogens with one attached hydrogen (secondary N) is 1. The molecule has 0 unspecified atom stereocenters. The van der Waals surface area contributed by atoms with E-state index >= 15 is 0 Å². The zero-order valence-corrected chi connectivity index (χ0v) is 18.5. The first-order valence-electron chi connectivity index (χ1n) is 10.4. The molecule has 168 valence electrons. The van der Waals surface area contributed by atoms with E-state index in [1.165, 1.54) is 12.0 Å². The molecule has 8 nitrogen and oxygen atoms in total. The molecule has 2 aromatic carbocycles. The molecule has 1 fully saturated rings. The molecule has 1 saturated heterocycles. The Labute approximate surface area is 187 Å². The minimum Gasteiger partial charge on any atom is -0.383 e. The van der Waals surface area contributed by atoms with E-state index in [1.807, 2.05) is 32.0 Å². The molecule has 3 rings (SSSR count). The number of hydrogen-bond donors (Lipinski definition) is 1. The largest absolute Gasteiger partial charge is 0.383 e. The van der Waals surface area contributed by atoms with Crippen molar-refractivity contribution in [3.05, 3.63) is 59.2 Å². The average molecular weight is 437 g/mol. The number of hydrogen-bond acceptors (Lipinski definition) is 5. The summed E-state index contributed by atoms with van der Waals surface area (Å²) in [5.74, 6) is -1.16. The SMILES string of the molecule is COCCN(CC(=O)Nc1cccc(C)c1C)C(=O)c1ccc(N2C(=O)CCC2=O)cc1. The fraction of sp³-hybridized carbons (Fsp3) is 0.333. The van der Waals surface area contributed by atoms with Crippen LogP contribution < -0.4 is 10.2 Å². The Kier molecular flexibility index (Phi) is 7.37. The minimum atomic E-state index is -0.344. The second kappa shape index (κ2) is 10.2. The van der Waals surface area contributed by atoms with E-state index < -0.39 is 0 Å². The van der Waals surface area contributed by atoms with E-state index in [9.17, 15) is 19.2 Å². The quantitative estimate of drug-likeness (QED) is 0.641. The number of nitrogens with zero attached hydrogens (tertiary/aromatic N) is 2. The van der Waals surface area contributed by atoms with Crippen molar-refractivity contribution in [3.8, 4) is 0 Å². The highest BCUT2D eigenvalue weighted by molar-refractivity contribution is 6.19. The van der Waals surface area contributed by atoms with Crippen molar-refractivity contribution in [2.45, 2.75) is 26.7 Å². The highest BCUT2D eigenvalue weighted by Gasteiger charge is 2.30. The minimum absolute atomic E-state index is 0.138. The van der Waals surface area contributed by atoms with Gasteiger partial charge in [-0.05, 0) is 55.3 Å². The van der Waals surface area contributed by atoms with Crippen LogP contribution >= 0.6 is 0 Å². The summed E-state index contributed by atoms with van der Waals surface area (Å²) in [6.07, 6.45) is 0.389. The number of amides is 4. The monoisotopic (exact) mass is 437 g/mol. The lowest BCUT2D eigenvalue weighted by Gasteiger charge is -2.23. The Morgan fingerprint density at radius 2 is 1.69 bits per heavy atom. The lowest BCUT2D eigenvalue weighted by Crippen LogP contribution is -2.40. The van der Waals surface area contributed by atoms with Gasteiger partial charge in [0.25, 0.3) is 5.91 Å². The summed E-state index contributed by atoms with van der Waals surface area (Å²) in [6.45, 7) is 4.26. The molecule has 8 heteroatoms. The van der Waals surface area contributed by atoms with Crippen molar-refractivity contribution in [1.29, 1.82) is 0 Å². The number of ether oxygens (including phenoxy) is 1. The molecule has 1 heterocycles. The van der Waals surface area contributed by atoms with Crippen molar-refractivity contribution in [2.24, 2.45) is 0 Å². The van der Waals surface area contributed by atoms with E-state index in [1.54, 1.807) is 24.3 Å². The summed E-state index contributed by atoms with van der Waals surface area (Å²) in [4.78, 5) is 52.1. The van der Waals surface area contributed by atoms with E-state index in [0.717, 1.165) is 16.0 Å². The number of benzene rings is 2. The van der Waals surface area contributed by atoms with Crippen LogP contribution in [0.3, 0.4) is 0 Å². The summed E-state index contributed by atoms with van der Waals surface area (Å²) in [6, 6.07) is 11.9. The van der Waals surface area contributed by atoms with Crippen molar-refractivity contribution in [3.63, 3.8) is 0 Å². The predicted octanol–water partition coefficient (Wildman–Crippen LogP) is 2.68. The smallest absolute Gasteiger partial charge is 0.254 e. The van der Waals surface area contributed by atoms with Crippen LogP contribution in [-0.4, -0.2) is 55.3 Å². The molecular weight excluding hydrogens is 410 g/mol. The molecule has 4 amide bonds. The van der Waals surface area contributed by atoms with Crippen LogP contribution in [0.2, 0.25) is 0 Å². The van der Waals surface area contributed by atoms with Gasteiger partial charge >= 0.3 is 0 Å². The number of methoxy groups -OCH3 is 1. The van der Waals surface area contributed by atoms with Gasteiger partial charge in [-0.2, -0.15) is 0 Å². The van der Waals surface area contributed by atoms with Gasteiger partial charge in [0.2, 0.25) is 17.7 Å². The Hall–Kier alpha value is -3.52. The van der Waals surface area contributed by atoms with E-state index in [0.29, 0.717) is 16.9 Å². The number of aryl methyl sites for hydroxylation is 1. The summed E-state index contributed by atoms with van der Waals surface area (Å²) < 4.78 is 5.10. The van der Waals surface area contributed by atoms with Crippen LogP contribution in [0.1, 0.15) is 34.3 Å². The number of rotatable bonds is 8. The lowest BCUT2D eigenvalue weighted by molar-refractivity contribution is -0.121. The van der Waals surface area contributed by atoms with E-state index in [2.05, 4.69) is 5.32 Å². The third-order valence-corrected chi connectivity index (χ3v) is 5.49. The molecule has 0 bridgehead atoms. The zero-order valence-electron chi connectivity index (χ0n) is 18.5. The number of carbonyl (C=O) groups is 4. The number of imide groups is 1. The van der Waals surface area contributed by atoms with Crippen molar-refractivity contribution in [1.82, 2.24) is 4.90 Å². The number of carbonyl (C=O) groups excluding carboxylic acids is 4. The zero-order chi connectivity index (χ0) is 23.3. The van der Waals surface area contributed by atoms with Gasteiger partial charge in [-0.15, -0.1) is 0 Å². The van der Waals surface area contributed by atoms with Crippen LogP contribution in [0.5, 0.6) is 0 Å². The van der Waals surface area contributed by atoms with Gasteiger partial charge in [0.15, 0.2) is 0 Å². The van der Waals surface area contributed by atoms with E-state index in [-0.39, 0.29) is 56.2 Å². The summed E-state index contributed by atoms with van der Waals surface area (Å²) in [5, 5.41) is 2.86. The van der Waals surface area contributed by atoms with Gasteiger partial charge in [0.05, 0.1) is 12.3 Å². The van der Waals surface area contributed by atoms with Crippen LogP contribution in [-0.2, 0) is 19.1 Å². The van der Waals surface area contributed by atoms with Crippen LogP contribution in [0, 0.1) is 13.8 Å². The van der Waals surface area contributed by atoms with Gasteiger partial charge in [-0.25, -0.2) is 0 Å². The molecular formula is C24H27N3O5. The Balaban J connectivity index is 1.72. The second-order valence-electron chi connectivity index (χ2n) is 7.68. The first-order valence-corrected chi connectivity index (χ1v) is 10.4. The van der Waals surface area contributed by atoms with E-state index in [4.69, 9.17) is 4.74 Å². The Morgan fingerprint density at radius 1 is 1.03 bits per heavy atom. The van der Waals surface area contributed by atoms with Gasteiger partial charge in [-0.3, -0.25) is 24.1 Å². The first kappa shape index (κ1) is 23.1. The van der Waals surface area contributed by atoms with Crippen molar-refractivity contribution in [2.75, 3.05) is 37.0 Å². The molecule has 0 aliphatic carbocycles. The molecule has 0 atom stereocenters. The first-order chi connectivity index (χ1) is 15.3. The molecule has 1 aliphatic rings. The molecule has 1 N–H and O–H groups in total. The van der Waals surface area contributed by atoms with Gasteiger partial charge in [-0.1, -0.05) is 12.1 Å². The third kappa shape index (κ3) is 5.20. The van der Waals surface area contributed by atoms with Gasteiger partial charge in [0, 0.05) is 37.7 Å². The maximum Gasteiger partial charge on any atom is 0.254 e. The normalized spacial score (nSPS) is 13.4. The molecule has 0 aromatic heterocycles. The molecule has 0 radical (unpaired) electrons. The third-order valence-electron chi connectivity index (χ3n) is 5.49. The second-order valence-corrected chi connectivity index (χ2v) is 7.68. The molecule has 32 heavy (non-hydrogen) atoms. The molecule has 2 aromatic rings. The lowest BCUT2D eigenvalue weighted by atomic mass is 10.1. The molecule has 0 spiro atoms. The fourth-order valence-corrected chi connectivity index (χ4v) is 3.50. The summed E-state index contributed by atoms with van der Waals surface area (Å²) in [7, 11) is 1.53. The average Bonchev–Trinajstić information content (AvgIpc) is 3.12. The maximum absolute atomic E-state index is 13.1. The fourth-order valence-electron chi connectivity index (χ4n) is 3.50.